The second-order valence-corrected chi connectivity index (χ2v) is 7.90. The Bertz CT molecular complexity index is 766. The highest BCUT2D eigenvalue weighted by molar-refractivity contribution is 7.12. The van der Waals surface area contributed by atoms with Gasteiger partial charge < -0.3 is 16.0 Å². The fraction of sp³-hybridized carbons (Fsp3) is 0.368. The van der Waals surface area contributed by atoms with Crippen molar-refractivity contribution in [1.29, 1.82) is 0 Å². The quantitative estimate of drug-likeness (QED) is 0.678. The number of nitrogens with one attached hydrogen (secondary N) is 1. The van der Waals surface area contributed by atoms with E-state index in [1.54, 1.807) is 42.3 Å². The van der Waals surface area contributed by atoms with Crippen molar-refractivity contribution in [2.45, 2.75) is 26.3 Å². The van der Waals surface area contributed by atoms with E-state index in [9.17, 15) is 9.59 Å². The van der Waals surface area contributed by atoms with Gasteiger partial charge in [-0.2, -0.15) is 0 Å². The number of anilines is 1. The third kappa shape index (κ3) is 6.50. The lowest BCUT2D eigenvalue weighted by Gasteiger charge is -2.22. The second-order valence-electron chi connectivity index (χ2n) is 6.55. The Morgan fingerprint density at radius 3 is 2.59 bits per heavy atom. The van der Waals surface area contributed by atoms with Crippen LogP contribution in [0.25, 0.3) is 0 Å². The van der Waals surface area contributed by atoms with Crippen LogP contribution in [0.4, 0.5) is 5.69 Å². The minimum Gasteiger partial charge on any atom is -0.342 e. The van der Waals surface area contributed by atoms with E-state index >= 15 is 0 Å². The van der Waals surface area contributed by atoms with Gasteiger partial charge in [0.15, 0.2) is 0 Å². The predicted octanol–water partition coefficient (Wildman–Crippen LogP) is 4.52. The molecule has 3 N–H and O–H groups in total. The Hall–Kier alpha value is -1.60. The fourth-order valence-corrected chi connectivity index (χ4v) is 3.13. The van der Waals surface area contributed by atoms with Crippen LogP contribution in [0.1, 0.15) is 40.3 Å². The number of carbonyl (C=O) groups is 2. The monoisotopic (exact) mass is 429 g/mol. The van der Waals surface area contributed by atoms with Crippen molar-refractivity contribution in [3.05, 3.63) is 51.2 Å². The van der Waals surface area contributed by atoms with Crippen molar-refractivity contribution >= 4 is 52.8 Å². The maximum atomic E-state index is 12.6. The average Bonchev–Trinajstić information content (AvgIpc) is 3.15. The smallest absolute Gasteiger partial charge is 0.265 e. The minimum atomic E-state index is -0.247. The molecule has 0 radical (unpaired) electrons. The summed E-state index contributed by atoms with van der Waals surface area (Å²) in [6.45, 7) is 4.69. The largest absolute Gasteiger partial charge is 0.342 e. The topological polar surface area (TPSA) is 75.4 Å². The van der Waals surface area contributed by atoms with Gasteiger partial charge in [0.1, 0.15) is 0 Å². The van der Waals surface area contributed by atoms with Crippen LogP contribution in [0, 0.1) is 5.92 Å². The molecular weight excluding hydrogens is 405 g/mol. The summed E-state index contributed by atoms with van der Waals surface area (Å²) in [6, 6.07) is 8.47. The first-order chi connectivity index (χ1) is 12.3. The zero-order valence-corrected chi connectivity index (χ0v) is 18.0. The van der Waals surface area contributed by atoms with Gasteiger partial charge in [0.25, 0.3) is 11.8 Å². The number of hydrogen-bond donors (Lipinski definition) is 2. The van der Waals surface area contributed by atoms with Gasteiger partial charge in [-0.3, -0.25) is 9.59 Å². The molecule has 1 heterocycles. The zero-order valence-electron chi connectivity index (χ0n) is 15.6. The molecule has 27 heavy (non-hydrogen) atoms. The summed E-state index contributed by atoms with van der Waals surface area (Å²) in [5.41, 5.74) is 6.94. The molecule has 8 heteroatoms. The Morgan fingerprint density at radius 1 is 1.30 bits per heavy atom. The molecule has 0 aliphatic carbocycles. The molecule has 1 unspecified atom stereocenters. The second kappa shape index (κ2) is 10.7. The number of hydrogen-bond acceptors (Lipinski definition) is 4. The number of nitrogens with two attached hydrogens (primary N) is 1. The van der Waals surface area contributed by atoms with Gasteiger partial charge in [0.2, 0.25) is 0 Å². The molecule has 2 rings (SSSR count). The van der Waals surface area contributed by atoms with Crippen LogP contribution in [0.5, 0.6) is 0 Å². The van der Waals surface area contributed by atoms with Crippen LogP contribution in [0.3, 0.4) is 0 Å². The predicted molar refractivity (Wildman–Crippen MR) is 115 cm³/mol. The Labute approximate surface area is 175 Å². The molecule has 0 fully saturated rings. The molecule has 0 spiro atoms. The number of halogens is 2. The third-order valence-corrected chi connectivity index (χ3v) is 5.41. The molecule has 2 amide bonds. The van der Waals surface area contributed by atoms with Gasteiger partial charge in [-0.15, -0.1) is 23.7 Å². The number of carbonyl (C=O) groups excluding carboxylic acids is 2. The summed E-state index contributed by atoms with van der Waals surface area (Å²) in [4.78, 5) is 27.1. The highest BCUT2D eigenvalue weighted by Gasteiger charge is 2.17. The lowest BCUT2D eigenvalue weighted by molar-refractivity contribution is 0.0789. The first-order valence-electron chi connectivity index (χ1n) is 8.45. The lowest BCUT2D eigenvalue weighted by atomic mass is 10.0. The van der Waals surface area contributed by atoms with Crippen LogP contribution in [0.15, 0.2) is 35.7 Å². The third-order valence-electron chi connectivity index (χ3n) is 4.21. The Kier molecular flexibility index (Phi) is 9.26. The average molecular weight is 430 g/mol. The van der Waals surface area contributed by atoms with Gasteiger partial charge in [0, 0.05) is 25.2 Å². The summed E-state index contributed by atoms with van der Waals surface area (Å²) in [6.07, 6.45) is 0.732. The van der Waals surface area contributed by atoms with Crippen molar-refractivity contribution in [1.82, 2.24) is 4.90 Å². The van der Waals surface area contributed by atoms with Gasteiger partial charge in [-0.25, -0.2) is 0 Å². The molecule has 1 aromatic heterocycles. The van der Waals surface area contributed by atoms with E-state index in [0.29, 0.717) is 33.6 Å². The van der Waals surface area contributed by atoms with Crippen LogP contribution in [-0.2, 0) is 0 Å². The Morgan fingerprint density at radius 2 is 2.00 bits per heavy atom. The first-order valence-corrected chi connectivity index (χ1v) is 9.70. The van der Waals surface area contributed by atoms with E-state index in [1.165, 1.54) is 11.3 Å². The van der Waals surface area contributed by atoms with Crippen LogP contribution < -0.4 is 11.1 Å². The zero-order chi connectivity index (χ0) is 19.3. The Balaban J connectivity index is 0.00000364. The van der Waals surface area contributed by atoms with Crippen molar-refractivity contribution in [2.24, 2.45) is 11.7 Å². The molecule has 0 aliphatic heterocycles. The summed E-state index contributed by atoms with van der Waals surface area (Å²) in [7, 11) is 1.74. The van der Waals surface area contributed by atoms with E-state index in [4.69, 9.17) is 17.3 Å². The van der Waals surface area contributed by atoms with Crippen molar-refractivity contribution in [3.8, 4) is 0 Å². The fourth-order valence-electron chi connectivity index (χ4n) is 2.34. The number of nitrogens with zero attached hydrogens (tertiary/aromatic N) is 1. The highest BCUT2D eigenvalue weighted by Crippen LogP contribution is 2.25. The molecule has 0 bridgehead atoms. The van der Waals surface area contributed by atoms with Gasteiger partial charge in [-0.1, -0.05) is 31.5 Å². The van der Waals surface area contributed by atoms with E-state index in [0.717, 1.165) is 6.42 Å². The molecule has 148 valence electrons. The molecular formula is C19H25Cl2N3O2S. The van der Waals surface area contributed by atoms with Crippen molar-refractivity contribution in [3.63, 3.8) is 0 Å². The molecule has 0 aliphatic rings. The number of thiophene rings is 1. The van der Waals surface area contributed by atoms with E-state index in [-0.39, 0.29) is 30.3 Å². The van der Waals surface area contributed by atoms with Gasteiger partial charge in [-0.05, 0) is 42.0 Å². The van der Waals surface area contributed by atoms with E-state index in [1.807, 2.05) is 5.38 Å². The van der Waals surface area contributed by atoms with Crippen LogP contribution >= 0.6 is 35.3 Å². The van der Waals surface area contributed by atoms with Crippen molar-refractivity contribution in [2.75, 3.05) is 18.9 Å². The summed E-state index contributed by atoms with van der Waals surface area (Å²) in [5.74, 6) is -0.0138. The molecule has 1 atom stereocenters. The summed E-state index contributed by atoms with van der Waals surface area (Å²) >= 11 is 7.51. The lowest BCUT2D eigenvalue weighted by Crippen LogP contribution is -2.34. The van der Waals surface area contributed by atoms with Gasteiger partial charge >= 0.3 is 0 Å². The number of rotatable bonds is 7. The van der Waals surface area contributed by atoms with Crippen LogP contribution in [0.2, 0.25) is 5.02 Å². The number of amides is 2. The van der Waals surface area contributed by atoms with Crippen LogP contribution in [-0.4, -0.2) is 36.3 Å². The van der Waals surface area contributed by atoms with Crippen molar-refractivity contribution < 1.29 is 9.59 Å². The van der Waals surface area contributed by atoms with Gasteiger partial charge in [0.05, 0.1) is 15.6 Å². The van der Waals surface area contributed by atoms with E-state index < -0.39 is 0 Å². The summed E-state index contributed by atoms with van der Waals surface area (Å²) < 4.78 is 0. The maximum Gasteiger partial charge on any atom is 0.265 e. The normalized spacial score (nSPS) is 11.6. The molecule has 2 aromatic rings. The standard InChI is InChI=1S/C19H24ClN3O2S.ClH/c1-12(2)15(21)8-9-23(3)19(25)13-6-7-14(20)16(11-13)22-18(24)17-5-4-10-26-17;/h4-7,10-12,15H,8-9,21H2,1-3H3,(H,22,24);1H. The minimum absolute atomic E-state index is 0. The molecule has 0 saturated carbocycles. The first kappa shape index (κ1) is 23.4. The molecule has 0 saturated heterocycles. The van der Waals surface area contributed by atoms with E-state index in [2.05, 4.69) is 19.2 Å². The SMILES string of the molecule is CC(C)C(N)CCN(C)C(=O)c1ccc(Cl)c(NC(=O)c2cccs2)c1.Cl. The highest BCUT2D eigenvalue weighted by atomic mass is 35.5. The number of benzene rings is 1. The molecule has 1 aromatic carbocycles. The maximum absolute atomic E-state index is 12.6. The molecule has 5 nitrogen and oxygen atoms in total. The summed E-state index contributed by atoms with van der Waals surface area (Å²) in [5, 5.41) is 4.97.